The largest absolute Gasteiger partial charge is 0.462 e. The molecule has 18 heavy (non-hydrogen) atoms. The van der Waals surface area contributed by atoms with Gasteiger partial charge in [0, 0.05) is 0 Å². The molecule has 4 nitrogen and oxygen atoms in total. The maximum absolute atomic E-state index is 12.2. The number of halogens is 3. The summed E-state index contributed by atoms with van der Waals surface area (Å²) < 4.78 is 33.1. The minimum atomic E-state index is -3.13. The van der Waals surface area contributed by atoms with Crippen LogP contribution in [0.5, 0.6) is 5.75 Å². The molecule has 0 saturated heterocycles. The molecule has 1 rings (SSSR count). The van der Waals surface area contributed by atoms with Crippen LogP contribution < -0.4 is 4.74 Å². The van der Waals surface area contributed by atoms with Crippen molar-refractivity contribution in [2.24, 2.45) is 0 Å². The molecule has 0 spiro atoms. The van der Waals surface area contributed by atoms with Crippen LogP contribution in [0.1, 0.15) is 27.6 Å². The Morgan fingerprint density at radius 2 is 2.17 bits per heavy atom. The van der Waals surface area contributed by atoms with Crippen LogP contribution in [-0.2, 0) is 4.74 Å². The second kappa shape index (κ2) is 6.30. The number of aldehydes is 1. The molecule has 0 N–H and O–H groups in total. The van der Waals surface area contributed by atoms with Crippen molar-refractivity contribution in [1.82, 2.24) is 0 Å². The SMILES string of the molecule is CCOC(=O)c1cc(Cl)c(C=O)c(OC(F)F)c1. The van der Waals surface area contributed by atoms with Crippen molar-refractivity contribution in [1.29, 1.82) is 0 Å². The van der Waals surface area contributed by atoms with E-state index in [4.69, 9.17) is 11.6 Å². The Morgan fingerprint density at radius 3 is 2.67 bits per heavy atom. The Labute approximate surface area is 106 Å². The van der Waals surface area contributed by atoms with E-state index in [2.05, 4.69) is 9.47 Å². The third-order valence-electron chi connectivity index (χ3n) is 1.94. The van der Waals surface area contributed by atoms with Crippen LogP contribution in [-0.4, -0.2) is 25.5 Å². The fourth-order valence-electron chi connectivity index (χ4n) is 1.23. The zero-order valence-electron chi connectivity index (χ0n) is 9.28. The third-order valence-corrected chi connectivity index (χ3v) is 2.25. The quantitative estimate of drug-likeness (QED) is 0.614. The minimum Gasteiger partial charge on any atom is -0.462 e. The lowest BCUT2D eigenvalue weighted by molar-refractivity contribution is -0.0501. The highest BCUT2D eigenvalue weighted by atomic mass is 35.5. The Balaban J connectivity index is 3.20. The van der Waals surface area contributed by atoms with Gasteiger partial charge in [-0.05, 0) is 19.1 Å². The van der Waals surface area contributed by atoms with E-state index in [1.54, 1.807) is 6.92 Å². The molecule has 0 fully saturated rings. The first kappa shape index (κ1) is 14.4. The van der Waals surface area contributed by atoms with E-state index in [-0.39, 0.29) is 29.0 Å². The maximum Gasteiger partial charge on any atom is 0.387 e. The molecule has 0 aliphatic heterocycles. The molecule has 0 radical (unpaired) electrons. The van der Waals surface area contributed by atoms with E-state index in [0.29, 0.717) is 0 Å². The Hall–Kier alpha value is -1.69. The third kappa shape index (κ3) is 3.40. The summed E-state index contributed by atoms with van der Waals surface area (Å²) in [5.74, 6) is -1.20. The van der Waals surface area contributed by atoms with Gasteiger partial charge >= 0.3 is 12.6 Å². The van der Waals surface area contributed by atoms with Crippen molar-refractivity contribution in [3.63, 3.8) is 0 Å². The fraction of sp³-hybridized carbons (Fsp3) is 0.273. The number of carbonyl (C=O) groups is 2. The predicted molar refractivity (Wildman–Crippen MR) is 59.4 cm³/mol. The molecule has 1 aromatic rings. The molecular weight excluding hydrogens is 270 g/mol. The lowest BCUT2D eigenvalue weighted by Gasteiger charge is -2.10. The van der Waals surface area contributed by atoms with Crippen molar-refractivity contribution in [2.75, 3.05) is 6.61 Å². The molecule has 0 unspecified atom stereocenters. The fourth-order valence-corrected chi connectivity index (χ4v) is 1.49. The maximum atomic E-state index is 12.2. The van der Waals surface area contributed by atoms with Gasteiger partial charge in [-0.1, -0.05) is 11.6 Å². The van der Waals surface area contributed by atoms with Crippen molar-refractivity contribution in [3.8, 4) is 5.75 Å². The minimum absolute atomic E-state index is 0.0666. The lowest BCUT2D eigenvalue weighted by Crippen LogP contribution is -2.09. The molecule has 0 atom stereocenters. The van der Waals surface area contributed by atoms with Gasteiger partial charge in [-0.2, -0.15) is 8.78 Å². The van der Waals surface area contributed by atoms with Crippen LogP contribution in [0, 0.1) is 0 Å². The summed E-state index contributed by atoms with van der Waals surface area (Å²) in [5, 5.41) is -0.161. The van der Waals surface area contributed by atoms with Crippen molar-refractivity contribution < 1.29 is 27.8 Å². The van der Waals surface area contributed by atoms with Gasteiger partial charge < -0.3 is 9.47 Å². The van der Waals surface area contributed by atoms with Gasteiger partial charge in [0.05, 0.1) is 22.8 Å². The highest BCUT2D eigenvalue weighted by Crippen LogP contribution is 2.28. The Morgan fingerprint density at radius 1 is 1.50 bits per heavy atom. The van der Waals surface area contributed by atoms with E-state index < -0.39 is 18.3 Å². The summed E-state index contributed by atoms with van der Waals surface area (Å²) in [6.07, 6.45) is 0.273. The van der Waals surface area contributed by atoms with Gasteiger partial charge in [0.2, 0.25) is 0 Å². The first-order valence-electron chi connectivity index (χ1n) is 4.90. The van der Waals surface area contributed by atoms with Gasteiger partial charge in [-0.25, -0.2) is 4.79 Å². The number of benzene rings is 1. The van der Waals surface area contributed by atoms with Crippen LogP contribution in [0.3, 0.4) is 0 Å². The summed E-state index contributed by atoms with van der Waals surface area (Å²) in [7, 11) is 0. The van der Waals surface area contributed by atoms with E-state index in [9.17, 15) is 18.4 Å². The molecule has 0 bridgehead atoms. The molecule has 0 saturated carbocycles. The summed E-state index contributed by atoms with van der Waals surface area (Å²) in [6.45, 7) is -1.41. The first-order chi connectivity index (χ1) is 8.49. The monoisotopic (exact) mass is 278 g/mol. The van der Waals surface area contributed by atoms with E-state index >= 15 is 0 Å². The van der Waals surface area contributed by atoms with Crippen LogP contribution in [0.4, 0.5) is 8.78 Å². The second-order valence-corrected chi connectivity index (χ2v) is 3.49. The molecule has 1 aromatic carbocycles. The molecule has 7 heteroatoms. The molecule has 0 heterocycles. The molecule has 0 aliphatic rings. The Bertz CT molecular complexity index is 463. The van der Waals surface area contributed by atoms with Crippen LogP contribution in [0.2, 0.25) is 5.02 Å². The standard InChI is InChI=1S/C11H9ClF2O4/c1-2-17-10(16)6-3-8(12)7(5-15)9(4-6)18-11(13)14/h3-5,11H,2H2,1H3. The highest BCUT2D eigenvalue weighted by molar-refractivity contribution is 6.33. The number of alkyl halides is 2. The molecule has 0 aliphatic carbocycles. The predicted octanol–water partition coefficient (Wildman–Crippen LogP) is 2.93. The van der Waals surface area contributed by atoms with Gasteiger partial charge in [-0.15, -0.1) is 0 Å². The molecule has 98 valence electrons. The summed E-state index contributed by atoms with van der Waals surface area (Å²) in [4.78, 5) is 22.1. The normalized spacial score (nSPS) is 10.3. The zero-order valence-corrected chi connectivity index (χ0v) is 10.0. The number of esters is 1. The Kier molecular flexibility index (Phi) is 5.03. The van der Waals surface area contributed by atoms with E-state index in [1.807, 2.05) is 0 Å². The first-order valence-corrected chi connectivity index (χ1v) is 5.28. The molecular formula is C11H9ClF2O4. The van der Waals surface area contributed by atoms with Crippen molar-refractivity contribution >= 4 is 23.9 Å². The van der Waals surface area contributed by atoms with Gasteiger partial charge in [0.15, 0.2) is 6.29 Å². The zero-order chi connectivity index (χ0) is 13.7. The van der Waals surface area contributed by atoms with Crippen LogP contribution >= 0.6 is 11.6 Å². The number of hydrogen-bond donors (Lipinski definition) is 0. The van der Waals surface area contributed by atoms with Crippen molar-refractivity contribution in [2.45, 2.75) is 13.5 Å². The molecule has 0 amide bonds. The van der Waals surface area contributed by atoms with Gasteiger partial charge in [0.25, 0.3) is 0 Å². The lowest BCUT2D eigenvalue weighted by atomic mass is 10.1. The van der Waals surface area contributed by atoms with Crippen LogP contribution in [0.15, 0.2) is 12.1 Å². The topological polar surface area (TPSA) is 52.6 Å². The van der Waals surface area contributed by atoms with Gasteiger partial charge in [-0.3, -0.25) is 4.79 Å². The average molecular weight is 279 g/mol. The number of hydrogen-bond acceptors (Lipinski definition) is 4. The second-order valence-electron chi connectivity index (χ2n) is 3.09. The summed E-state index contributed by atoms with van der Waals surface area (Å²) in [6, 6.07) is 2.14. The highest BCUT2D eigenvalue weighted by Gasteiger charge is 2.17. The number of ether oxygens (including phenoxy) is 2. The summed E-state index contributed by atoms with van der Waals surface area (Å²) >= 11 is 5.70. The van der Waals surface area contributed by atoms with E-state index in [0.717, 1.165) is 12.1 Å². The average Bonchev–Trinajstić information content (AvgIpc) is 2.28. The smallest absolute Gasteiger partial charge is 0.387 e. The van der Waals surface area contributed by atoms with E-state index in [1.165, 1.54) is 0 Å². The molecule has 0 aromatic heterocycles. The number of carbonyl (C=O) groups excluding carboxylic acids is 2. The van der Waals surface area contributed by atoms with Gasteiger partial charge in [0.1, 0.15) is 5.75 Å². The van der Waals surface area contributed by atoms with Crippen LogP contribution in [0.25, 0.3) is 0 Å². The summed E-state index contributed by atoms with van der Waals surface area (Å²) in [5.41, 5.74) is -0.312. The van der Waals surface area contributed by atoms with Crippen molar-refractivity contribution in [3.05, 3.63) is 28.3 Å². The number of rotatable bonds is 5.